The van der Waals surface area contributed by atoms with Gasteiger partial charge < -0.3 is 15.0 Å². The van der Waals surface area contributed by atoms with Gasteiger partial charge in [-0.3, -0.25) is 9.59 Å². The number of esters is 1. The molecule has 5 heteroatoms. The van der Waals surface area contributed by atoms with Crippen LogP contribution in [0.3, 0.4) is 0 Å². The second kappa shape index (κ2) is 7.48. The third-order valence-corrected chi connectivity index (χ3v) is 3.53. The lowest BCUT2D eigenvalue weighted by Crippen LogP contribution is -2.40. The maximum Gasteiger partial charge on any atom is 0.312 e. The Morgan fingerprint density at radius 1 is 1.21 bits per heavy atom. The van der Waals surface area contributed by atoms with E-state index in [2.05, 4.69) is 5.32 Å². The van der Waals surface area contributed by atoms with E-state index in [1.54, 1.807) is 0 Å². The van der Waals surface area contributed by atoms with Gasteiger partial charge in [-0.15, -0.1) is 0 Å². The van der Waals surface area contributed by atoms with Gasteiger partial charge in [-0.1, -0.05) is 0 Å². The van der Waals surface area contributed by atoms with Gasteiger partial charge >= 0.3 is 5.97 Å². The number of amides is 1. The van der Waals surface area contributed by atoms with Crippen LogP contribution < -0.4 is 5.32 Å². The van der Waals surface area contributed by atoms with E-state index in [9.17, 15) is 9.59 Å². The smallest absolute Gasteiger partial charge is 0.312 e. The first-order chi connectivity index (χ1) is 8.97. The molecule has 19 heavy (non-hydrogen) atoms. The summed E-state index contributed by atoms with van der Waals surface area (Å²) in [7, 11) is 1.39. The molecule has 0 spiro atoms. The fraction of sp³-hybridized carbons (Fsp3) is 0.857. The van der Waals surface area contributed by atoms with Crippen molar-refractivity contribution in [1.29, 1.82) is 0 Å². The molecule has 1 fully saturated rings. The molecular weight excluding hydrogens is 244 g/mol. The third-order valence-electron chi connectivity index (χ3n) is 3.53. The lowest BCUT2D eigenvalue weighted by atomic mass is 9.94. The zero-order chi connectivity index (χ0) is 14.3. The summed E-state index contributed by atoms with van der Waals surface area (Å²) in [4.78, 5) is 25.3. The van der Waals surface area contributed by atoms with Crippen molar-refractivity contribution in [3.8, 4) is 0 Å². The number of ether oxygens (including phenoxy) is 1. The molecule has 1 heterocycles. The van der Waals surface area contributed by atoms with Gasteiger partial charge in [0.2, 0.25) is 5.91 Å². The Bertz CT molecular complexity index is 310. The molecule has 0 aromatic heterocycles. The minimum absolute atomic E-state index is 0.211. The normalized spacial score (nSPS) is 16.3. The van der Waals surface area contributed by atoms with Crippen molar-refractivity contribution >= 4 is 11.9 Å². The van der Waals surface area contributed by atoms with Crippen molar-refractivity contribution in [2.75, 3.05) is 33.3 Å². The van der Waals surface area contributed by atoms with Crippen LogP contribution >= 0.6 is 0 Å². The molecule has 1 saturated heterocycles. The number of nitrogens with zero attached hydrogens (tertiary/aromatic N) is 1. The number of piperidine rings is 1. The molecule has 1 amide bonds. The second-order valence-electron chi connectivity index (χ2n) is 5.74. The van der Waals surface area contributed by atoms with E-state index in [1.807, 2.05) is 18.7 Å². The monoisotopic (exact) mass is 270 g/mol. The summed E-state index contributed by atoms with van der Waals surface area (Å²) >= 11 is 0. The van der Waals surface area contributed by atoms with Crippen molar-refractivity contribution in [3.05, 3.63) is 0 Å². The molecule has 0 aliphatic carbocycles. The summed E-state index contributed by atoms with van der Waals surface area (Å²) in [5, 5.41) is 3.16. The summed E-state index contributed by atoms with van der Waals surface area (Å²) < 4.78 is 4.73. The lowest BCUT2D eigenvalue weighted by molar-refractivity contribution is -0.150. The summed E-state index contributed by atoms with van der Waals surface area (Å²) in [6.45, 7) is 6.58. The number of nitrogens with one attached hydrogen (secondary N) is 1. The summed E-state index contributed by atoms with van der Waals surface area (Å²) in [6.07, 6.45) is 3.97. The van der Waals surface area contributed by atoms with Crippen molar-refractivity contribution in [3.63, 3.8) is 0 Å². The summed E-state index contributed by atoms with van der Waals surface area (Å²) in [5.74, 6) is -0.0227. The van der Waals surface area contributed by atoms with Gasteiger partial charge in [-0.2, -0.15) is 0 Å². The van der Waals surface area contributed by atoms with E-state index in [-0.39, 0.29) is 11.9 Å². The van der Waals surface area contributed by atoms with Crippen LogP contribution in [0.15, 0.2) is 0 Å². The molecule has 0 atom stereocenters. The Morgan fingerprint density at radius 2 is 1.84 bits per heavy atom. The molecule has 110 valence electrons. The van der Waals surface area contributed by atoms with E-state index in [0.29, 0.717) is 19.5 Å². The SMILES string of the molecule is COC(=O)C(C)(C)CNCCC(=O)N1CCCCC1. The van der Waals surface area contributed by atoms with Crippen LogP contribution in [0, 0.1) is 5.41 Å². The summed E-state index contributed by atoms with van der Waals surface area (Å²) in [5.41, 5.74) is -0.553. The maximum absolute atomic E-state index is 11.9. The van der Waals surface area contributed by atoms with Crippen molar-refractivity contribution in [2.24, 2.45) is 5.41 Å². The van der Waals surface area contributed by atoms with Crippen LogP contribution in [0.2, 0.25) is 0 Å². The van der Waals surface area contributed by atoms with Gasteiger partial charge in [0.25, 0.3) is 0 Å². The van der Waals surface area contributed by atoms with Crippen molar-refractivity contribution in [1.82, 2.24) is 10.2 Å². The average Bonchev–Trinajstić information content (AvgIpc) is 2.43. The highest BCUT2D eigenvalue weighted by molar-refractivity contribution is 5.77. The first-order valence-electron chi connectivity index (χ1n) is 7.04. The number of hydrogen-bond acceptors (Lipinski definition) is 4. The third kappa shape index (κ3) is 5.19. The molecule has 0 saturated carbocycles. The number of carbonyl (C=O) groups is 2. The Labute approximate surface area is 115 Å². The van der Waals surface area contributed by atoms with E-state index in [4.69, 9.17) is 4.74 Å². The van der Waals surface area contributed by atoms with Gasteiger partial charge in [-0.25, -0.2) is 0 Å². The number of rotatable bonds is 6. The van der Waals surface area contributed by atoms with Crippen LogP contribution in [-0.4, -0.2) is 50.1 Å². The molecule has 0 aromatic rings. The fourth-order valence-corrected chi connectivity index (χ4v) is 2.25. The van der Waals surface area contributed by atoms with E-state index >= 15 is 0 Å². The molecule has 0 bridgehead atoms. The topological polar surface area (TPSA) is 58.6 Å². The Morgan fingerprint density at radius 3 is 2.42 bits per heavy atom. The maximum atomic E-state index is 11.9. The highest BCUT2D eigenvalue weighted by Gasteiger charge is 2.28. The second-order valence-corrected chi connectivity index (χ2v) is 5.74. The standard InChI is InChI=1S/C14H26N2O3/c1-14(2,13(18)19-3)11-15-8-7-12(17)16-9-5-4-6-10-16/h15H,4-11H2,1-3H3. The zero-order valence-corrected chi connectivity index (χ0v) is 12.3. The van der Waals surface area contributed by atoms with Crippen molar-refractivity contribution < 1.29 is 14.3 Å². The summed E-state index contributed by atoms with van der Waals surface area (Å²) in [6, 6.07) is 0. The zero-order valence-electron chi connectivity index (χ0n) is 12.3. The predicted molar refractivity (Wildman–Crippen MR) is 73.7 cm³/mol. The Hall–Kier alpha value is -1.10. The van der Waals surface area contributed by atoms with Crippen LogP contribution in [0.1, 0.15) is 39.5 Å². The largest absolute Gasteiger partial charge is 0.469 e. The van der Waals surface area contributed by atoms with Gasteiger partial charge in [-0.05, 0) is 33.1 Å². The quantitative estimate of drug-likeness (QED) is 0.581. The van der Waals surface area contributed by atoms with E-state index in [1.165, 1.54) is 13.5 Å². The number of hydrogen-bond donors (Lipinski definition) is 1. The molecule has 5 nitrogen and oxygen atoms in total. The molecule has 1 aliphatic heterocycles. The van der Waals surface area contributed by atoms with Crippen LogP contribution in [0.25, 0.3) is 0 Å². The van der Waals surface area contributed by atoms with Crippen LogP contribution in [0.5, 0.6) is 0 Å². The van der Waals surface area contributed by atoms with E-state index < -0.39 is 5.41 Å². The number of methoxy groups -OCH3 is 1. The van der Waals surface area contributed by atoms with Crippen LogP contribution in [0.4, 0.5) is 0 Å². The average molecular weight is 270 g/mol. The Kier molecular flexibility index (Phi) is 6.28. The first-order valence-corrected chi connectivity index (χ1v) is 7.04. The minimum atomic E-state index is -0.553. The van der Waals surface area contributed by atoms with Crippen molar-refractivity contribution in [2.45, 2.75) is 39.5 Å². The molecule has 1 rings (SSSR count). The fourth-order valence-electron chi connectivity index (χ4n) is 2.25. The van der Waals surface area contributed by atoms with Gasteiger partial charge in [0, 0.05) is 32.6 Å². The van der Waals surface area contributed by atoms with E-state index in [0.717, 1.165) is 25.9 Å². The molecule has 0 unspecified atom stereocenters. The van der Waals surface area contributed by atoms with Gasteiger partial charge in [0.15, 0.2) is 0 Å². The molecular formula is C14H26N2O3. The molecule has 0 aromatic carbocycles. The molecule has 1 N–H and O–H groups in total. The molecule has 1 aliphatic rings. The first kappa shape index (κ1) is 16.0. The van der Waals surface area contributed by atoms with Gasteiger partial charge in [0.1, 0.15) is 0 Å². The Balaban J connectivity index is 2.19. The minimum Gasteiger partial charge on any atom is -0.469 e. The predicted octanol–water partition coefficient (Wildman–Crippen LogP) is 1.18. The van der Waals surface area contributed by atoms with Crippen LogP contribution in [-0.2, 0) is 14.3 Å². The number of likely N-dealkylation sites (tertiary alicyclic amines) is 1. The highest BCUT2D eigenvalue weighted by Crippen LogP contribution is 2.15. The highest BCUT2D eigenvalue weighted by atomic mass is 16.5. The molecule has 0 radical (unpaired) electrons. The number of carbonyl (C=O) groups excluding carboxylic acids is 2. The lowest BCUT2D eigenvalue weighted by Gasteiger charge is -2.27. The van der Waals surface area contributed by atoms with Gasteiger partial charge in [0.05, 0.1) is 12.5 Å².